The second-order valence-corrected chi connectivity index (χ2v) is 6.16. The van der Waals surface area contributed by atoms with Crippen molar-refractivity contribution >= 4 is 18.3 Å². The quantitative estimate of drug-likeness (QED) is 0.763. The molecule has 12 heavy (non-hydrogen) atoms. The first kappa shape index (κ1) is 9.72. The largest absolute Gasteiger partial charge is 0.444 e. The van der Waals surface area contributed by atoms with E-state index in [0.717, 1.165) is 0 Å². The van der Waals surface area contributed by atoms with Crippen LogP contribution in [-0.4, -0.2) is 11.1 Å². The average molecular weight is 202 g/mol. The second kappa shape index (κ2) is 4.04. The highest BCUT2D eigenvalue weighted by atomic mass is 32.5. The molecule has 2 nitrogen and oxygen atoms in total. The van der Waals surface area contributed by atoms with E-state index < -0.39 is 6.49 Å². The van der Waals surface area contributed by atoms with Gasteiger partial charge in [-0.3, -0.25) is 0 Å². The van der Waals surface area contributed by atoms with Gasteiger partial charge >= 0.3 is 0 Å². The van der Waals surface area contributed by atoms with Gasteiger partial charge in [-0.1, -0.05) is 25.1 Å². The molecule has 0 saturated heterocycles. The number of hydrogen-bond donors (Lipinski definition) is 1. The zero-order valence-corrected chi connectivity index (χ0v) is 8.52. The number of benzene rings is 1. The molecule has 0 aliphatic rings. The molecule has 1 rings (SSSR count). The molecule has 0 heterocycles. The minimum Gasteiger partial charge on any atom is -0.444 e. The molecule has 0 spiro atoms. The molecule has 1 aromatic rings. The Kier molecular flexibility index (Phi) is 3.27. The lowest BCUT2D eigenvalue weighted by molar-refractivity contribution is 0.484. The molecule has 0 saturated carbocycles. The second-order valence-electron chi connectivity index (χ2n) is 2.36. The van der Waals surface area contributed by atoms with E-state index in [4.69, 9.17) is 16.3 Å². The third-order valence-electron chi connectivity index (χ3n) is 1.39. The predicted molar refractivity (Wildman–Crippen MR) is 54.1 cm³/mol. The monoisotopic (exact) mass is 202 g/mol. The molecule has 1 N–H and O–H groups in total. The Hall–Kier alpha value is -0.370. The van der Waals surface area contributed by atoms with Gasteiger partial charge in [-0.2, -0.15) is 0 Å². The Balaban J connectivity index is 2.71. The minimum atomic E-state index is -2.56. The third kappa shape index (κ3) is 2.94. The minimum absolute atomic E-state index is 0.497. The van der Waals surface area contributed by atoms with Crippen LogP contribution in [0.4, 0.5) is 0 Å². The van der Waals surface area contributed by atoms with Crippen molar-refractivity contribution in [2.24, 2.45) is 0 Å². The molecule has 0 amide bonds. The molecule has 0 aliphatic carbocycles. The number of hydrogen-bond acceptors (Lipinski definition) is 2. The fraction of sp³-hybridized carbons (Fsp3) is 0.250. The first-order chi connectivity index (χ1) is 5.64. The maximum atomic E-state index is 9.48. The SMILES string of the molecule is CCP(O)(=S)Oc1ccccc1. The van der Waals surface area contributed by atoms with Crippen LogP contribution in [0.3, 0.4) is 0 Å². The van der Waals surface area contributed by atoms with Crippen LogP contribution in [0.2, 0.25) is 0 Å². The van der Waals surface area contributed by atoms with E-state index in [0.29, 0.717) is 11.9 Å². The van der Waals surface area contributed by atoms with Gasteiger partial charge < -0.3 is 9.42 Å². The summed E-state index contributed by atoms with van der Waals surface area (Å²) in [7, 11) is 0. The molecule has 1 unspecified atom stereocenters. The highest BCUT2D eigenvalue weighted by molar-refractivity contribution is 8.09. The summed E-state index contributed by atoms with van der Waals surface area (Å²) in [5, 5.41) is 0. The Morgan fingerprint density at radius 1 is 1.42 bits per heavy atom. The third-order valence-corrected chi connectivity index (χ3v) is 3.68. The molecule has 1 aromatic carbocycles. The summed E-state index contributed by atoms with van der Waals surface area (Å²) < 4.78 is 5.23. The van der Waals surface area contributed by atoms with Crippen LogP contribution in [0.5, 0.6) is 5.75 Å². The Labute approximate surface area is 77.4 Å². The van der Waals surface area contributed by atoms with E-state index in [1.54, 1.807) is 12.1 Å². The van der Waals surface area contributed by atoms with Gasteiger partial charge in [-0.25, -0.2) is 0 Å². The van der Waals surface area contributed by atoms with Gasteiger partial charge in [0.15, 0.2) is 0 Å². The molecule has 1 atom stereocenters. The molecule has 0 bridgehead atoms. The van der Waals surface area contributed by atoms with Gasteiger partial charge in [0.1, 0.15) is 5.75 Å². The zero-order valence-electron chi connectivity index (χ0n) is 6.80. The zero-order chi connectivity index (χ0) is 9.03. The van der Waals surface area contributed by atoms with Crippen molar-refractivity contribution in [2.75, 3.05) is 6.16 Å². The Morgan fingerprint density at radius 3 is 2.50 bits per heavy atom. The summed E-state index contributed by atoms with van der Waals surface area (Å²) in [4.78, 5) is 9.48. The van der Waals surface area contributed by atoms with Crippen LogP contribution >= 0.6 is 6.49 Å². The van der Waals surface area contributed by atoms with Crippen molar-refractivity contribution in [1.29, 1.82) is 0 Å². The summed E-state index contributed by atoms with van der Waals surface area (Å²) in [6.45, 7) is -0.739. The standard InChI is InChI=1S/C8H11O2PS/c1-2-11(9,12)10-8-6-4-3-5-7-8/h3-7H,2H2,1H3,(H,9,12). The van der Waals surface area contributed by atoms with Crippen LogP contribution in [0.1, 0.15) is 6.92 Å². The molecular weight excluding hydrogens is 191 g/mol. The lowest BCUT2D eigenvalue weighted by Crippen LogP contribution is -1.92. The van der Waals surface area contributed by atoms with Crippen molar-refractivity contribution in [3.8, 4) is 5.75 Å². The topological polar surface area (TPSA) is 29.5 Å². The maximum Gasteiger partial charge on any atom is 0.235 e. The van der Waals surface area contributed by atoms with Crippen LogP contribution in [0.15, 0.2) is 30.3 Å². The number of rotatable bonds is 3. The average Bonchev–Trinajstić information content (AvgIpc) is 2.06. The Bertz CT molecular complexity index is 286. The lowest BCUT2D eigenvalue weighted by atomic mass is 10.3. The van der Waals surface area contributed by atoms with Gasteiger partial charge in [-0.15, -0.1) is 0 Å². The fourth-order valence-electron chi connectivity index (χ4n) is 0.711. The number of para-hydroxylation sites is 1. The molecule has 0 radical (unpaired) electrons. The van der Waals surface area contributed by atoms with Gasteiger partial charge in [0.05, 0.1) is 0 Å². The van der Waals surface area contributed by atoms with Crippen LogP contribution in [0, 0.1) is 0 Å². The van der Waals surface area contributed by atoms with E-state index in [1.165, 1.54) is 0 Å². The van der Waals surface area contributed by atoms with Gasteiger partial charge in [0.25, 0.3) is 0 Å². The van der Waals surface area contributed by atoms with Crippen LogP contribution in [0.25, 0.3) is 0 Å². The van der Waals surface area contributed by atoms with Gasteiger partial charge in [0.2, 0.25) is 6.49 Å². The Morgan fingerprint density at radius 2 is 2.00 bits per heavy atom. The van der Waals surface area contributed by atoms with Crippen LogP contribution < -0.4 is 4.52 Å². The van der Waals surface area contributed by atoms with Gasteiger partial charge in [-0.05, 0) is 23.9 Å². The predicted octanol–water partition coefficient (Wildman–Crippen LogP) is 2.39. The fourth-order valence-corrected chi connectivity index (χ4v) is 1.55. The van der Waals surface area contributed by atoms with Crippen LogP contribution in [-0.2, 0) is 11.8 Å². The van der Waals surface area contributed by atoms with E-state index in [1.807, 2.05) is 25.1 Å². The highest BCUT2D eigenvalue weighted by Crippen LogP contribution is 2.41. The molecule has 0 aliphatic heterocycles. The molecule has 0 fully saturated rings. The van der Waals surface area contributed by atoms with Crippen molar-refractivity contribution in [3.63, 3.8) is 0 Å². The van der Waals surface area contributed by atoms with E-state index >= 15 is 0 Å². The first-order valence-electron chi connectivity index (χ1n) is 3.70. The van der Waals surface area contributed by atoms with Crippen molar-refractivity contribution < 1.29 is 9.42 Å². The van der Waals surface area contributed by atoms with E-state index in [9.17, 15) is 4.89 Å². The summed E-state index contributed by atoms with van der Waals surface area (Å²) in [5.41, 5.74) is 0. The van der Waals surface area contributed by atoms with Crippen molar-refractivity contribution in [1.82, 2.24) is 0 Å². The first-order valence-corrected chi connectivity index (χ1v) is 6.56. The summed E-state index contributed by atoms with van der Waals surface area (Å²) in [6.07, 6.45) is 0.497. The maximum absolute atomic E-state index is 9.48. The van der Waals surface area contributed by atoms with Crippen molar-refractivity contribution in [2.45, 2.75) is 6.92 Å². The van der Waals surface area contributed by atoms with Crippen molar-refractivity contribution in [3.05, 3.63) is 30.3 Å². The molecule has 66 valence electrons. The summed E-state index contributed by atoms with van der Waals surface area (Å²) in [5.74, 6) is 0.644. The summed E-state index contributed by atoms with van der Waals surface area (Å²) in [6, 6.07) is 9.15. The molecular formula is C8H11O2PS. The smallest absolute Gasteiger partial charge is 0.235 e. The lowest BCUT2D eigenvalue weighted by Gasteiger charge is -2.14. The van der Waals surface area contributed by atoms with Gasteiger partial charge in [0, 0.05) is 6.16 Å². The van der Waals surface area contributed by atoms with E-state index in [2.05, 4.69) is 0 Å². The van der Waals surface area contributed by atoms with E-state index in [-0.39, 0.29) is 0 Å². The normalized spacial score (nSPS) is 15.2. The highest BCUT2D eigenvalue weighted by Gasteiger charge is 2.10. The molecule has 0 aromatic heterocycles. The summed E-state index contributed by atoms with van der Waals surface area (Å²) >= 11 is 4.87. The molecule has 4 heteroatoms.